The Hall–Kier alpha value is -1.04. The summed E-state index contributed by atoms with van der Waals surface area (Å²) in [5.41, 5.74) is 0. The topological polar surface area (TPSA) is 63.2 Å². The van der Waals surface area contributed by atoms with Crippen LogP contribution in [-0.4, -0.2) is 30.6 Å². The molecule has 7 heteroatoms. The van der Waals surface area contributed by atoms with Crippen LogP contribution in [0.2, 0.25) is 0 Å². The summed E-state index contributed by atoms with van der Waals surface area (Å²) in [5.74, 6) is 2.60. The second kappa shape index (κ2) is 13.2. The predicted octanol–water partition coefficient (Wildman–Crippen LogP) is 4.60. The van der Waals surface area contributed by atoms with Crippen LogP contribution in [-0.2, 0) is 4.79 Å². The van der Waals surface area contributed by atoms with Gasteiger partial charge in [0.15, 0.2) is 11.6 Å². The minimum atomic E-state index is 0. The quantitative estimate of drug-likeness (QED) is 0.679. The summed E-state index contributed by atoms with van der Waals surface area (Å²) in [7, 11) is 0. The summed E-state index contributed by atoms with van der Waals surface area (Å²) in [6, 6.07) is 3.76. The Balaban J connectivity index is 0.00000182. The smallest absolute Gasteiger partial charge is 0.225 e. The third-order valence-electron chi connectivity index (χ3n) is 5.47. The summed E-state index contributed by atoms with van der Waals surface area (Å²) < 4.78 is 5.99. The molecule has 2 aliphatic rings. The third-order valence-corrected chi connectivity index (χ3v) is 5.47. The van der Waals surface area contributed by atoms with Crippen LogP contribution in [0, 0.1) is 11.8 Å². The number of rotatable bonds is 7. The largest absolute Gasteiger partial charge is 0.489 e. The van der Waals surface area contributed by atoms with Gasteiger partial charge in [-0.1, -0.05) is 19.3 Å². The molecule has 2 fully saturated rings. The third kappa shape index (κ3) is 8.24. The van der Waals surface area contributed by atoms with E-state index in [0.29, 0.717) is 29.8 Å². The molecule has 5 nitrogen and oxygen atoms in total. The average Bonchev–Trinajstić information content (AvgIpc) is 2.67. The number of ether oxygens (including phenoxy) is 1. The zero-order valence-corrected chi connectivity index (χ0v) is 17.6. The Morgan fingerprint density at radius 2 is 1.85 bits per heavy atom. The zero-order valence-electron chi connectivity index (χ0n) is 16.0. The highest BCUT2D eigenvalue weighted by atomic mass is 35.5. The van der Waals surface area contributed by atoms with Gasteiger partial charge in [-0.15, -0.1) is 24.8 Å². The first kappa shape index (κ1) is 24.0. The monoisotopic (exact) mass is 417 g/mol. The van der Waals surface area contributed by atoms with Gasteiger partial charge in [-0.3, -0.25) is 4.79 Å². The fourth-order valence-corrected chi connectivity index (χ4v) is 3.86. The number of halogens is 2. The summed E-state index contributed by atoms with van der Waals surface area (Å²) >= 11 is 0. The van der Waals surface area contributed by atoms with E-state index >= 15 is 0 Å². The lowest BCUT2D eigenvalue weighted by molar-refractivity contribution is -0.116. The molecule has 0 unspecified atom stereocenters. The Morgan fingerprint density at radius 3 is 2.59 bits per heavy atom. The molecular weight excluding hydrogens is 385 g/mol. The first-order chi connectivity index (χ1) is 12.3. The number of piperidine rings is 1. The number of aromatic nitrogens is 1. The number of carbonyl (C=O) groups is 1. The summed E-state index contributed by atoms with van der Waals surface area (Å²) in [5, 5.41) is 6.31. The van der Waals surface area contributed by atoms with Crippen molar-refractivity contribution in [3.63, 3.8) is 0 Å². The molecule has 0 radical (unpaired) electrons. The molecule has 1 aliphatic carbocycles. The lowest BCUT2D eigenvalue weighted by atomic mass is 9.90. The standard InChI is InChI=1S/C20H31N3O2.2ClH/c24-19(9-8-16-10-13-21-14-11-16)23-20-18(7-4-12-22-20)25-15-17-5-2-1-3-6-17;;/h4,7,12,16-17,21H,1-3,5-6,8-11,13-15H2,(H,22,23,24);2*1H. The molecular formula is C20H33Cl2N3O2. The van der Waals surface area contributed by atoms with E-state index in [9.17, 15) is 4.79 Å². The lowest BCUT2D eigenvalue weighted by Gasteiger charge is -2.23. The Labute approximate surface area is 175 Å². The van der Waals surface area contributed by atoms with Gasteiger partial charge in [-0.2, -0.15) is 0 Å². The molecule has 154 valence electrons. The minimum Gasteiger partial charge on any atom is -0.489 e. The van der Waals surface area contributed by atoms with Gasteiger partial charge in [-0.25, -0.2) is 4.98 Å². The number of nitrogens with one attached hydrogen (secondary N) is 2. The van der Waals surface area contributed by atoms with Crippen molar-refractivity contribution < 1.29 is 9.53 Å². The molecule has 1 aromatic rings. The highest BCUT2D eigenvalue weighted by Crippen LogP contribution is 2.27. The average molecular weight is 418 g/mol. The second-order valence-corrected chi connectivity index (χ2v) is 7.45. The maximum absolute atomic E-state index is 12.3. The van der Waals surface area contributed by atoms with Crippen molar-refractivity contribution in [2.75, 3.05) is 25.0 Å². The van der Waals surface area contributed by atoms with Crippen LogP contribution in [0.25, 0.3) is 0 Å². The van der Waals surface area contributed by atoms with Crippen LogP contribution in [0.3, 0.4) is 0 Å². The van der Waals surface area contributed by atoms with Crippen molar-refractivity contribution in [1.82, 2.24) is 10.3 Å². The molecule has 3 rings (SSSR count). The number of hydrogen-bond acceptors (Lipinski definition) is 4. The lowest BCUT2D eigenvalue weighted by Crippen LogP contribution is -2.28. The van der Waals surface area contributed by atoms with Crippen molar-refractivity contribution in [3.05, 3.63) is 18.3 Å². The van der Waals surface area contributed by atoms with E-state index in [1.165, 1.54) is 44.9 Å². The van der Waals surface area contributed by atoms with Crippen LogP contribution in [0.4, 0.5) is 5.82 Å². The van der Waals surface area contributed by atoms with E-state index in [-0.39, 0.29) is 30.7 Å². The maximum Gasteiger partial charge on any atom is 0.225 e. The molecule has 0 atom stereocenters. The van der Waals surface area contributed by atoms with Gasteiger partial charge < -0.3 is 15.4 Å². The van der Waals surface area contributed by atoms with Crippen molar-refractivity contribution in [2.24, 2.45) is 11.8 Å². The normalized spacial score (nSPS) is 18.1. The number of amides is 1. The Bertz CT molecular complexity index is 548. The fourth-order valence-electron chi connectivity index (χ4n) is 3.86. The maximum atomic E-state index is 12.3. The molecule has 27 heavy (non-hydrogen) atoms. The van der Waals surface area contributed by atoms with Gasteiger partial charge in [0.1, 0.15) is 0 Å². The van der Waals surface area contributed by atoms with Gasteiger partial charge in [0.05, 0.1) is 6.61 Å². The Kier molecular flexibility index (Phi) is 11.7. The molecule has 1 amide bonds. The number of nitrogens with zero attached hydrogens (tertiary/aromatic N) is 1. The number of carbonyl (C=O) groups excluding carboxylic acids is 1. The zero-order chi connectivity index (χ0) is 17.3. The SMILES string of the molecule is Cl.Cl.O=C(CCC1CCNCC1)Nc1ncccc1OCC1CCCCC1. The van der Waals surface area contributed by atoms with Crippen LogP contribution in [0.1, 0.15) is 57.8 Å². The van der Waals surface area contributed by atoms with Crippen molar-refractivity contribution in [1.29, 1.82) is 0 Å². The van der Waals surface area contributed by atoms with E-state index < -0.39 is 0 Å². The molecule has 0 aromatic carbocycles. The van der Waals surface area contributed by atoms with Gasteiger partial charge in [-0.05, 0) is 69.2 Å². The molecule has 1 saturated heterocycles. The van der Waals surface area contributed by atoms with Crippen LogP contribution in [0.5, 0.6) is 5.75 Å². The van der Waals surface area contributed by atoms with E-state index in [4.69, 9.17) is 4.74 Å². The van der Waals surface area contributed by atoms with E-state index in [2.05, 4.69) is 15.6 Å². The van der Waals surface area contributed by atoms with Crippen molar-refractivity contribution in [2.45, 2.75) is 57.8 Å². The fraction of sp³-hybridized carbons (Fsp3) is 0.700. The predicted molar refractivity (Wildman–Crippen MR) is 114 cm³/mol. The van der Waals surface area contributed by atoms with Crippen LogP contribution < -0.4 is 15.4 Å². The highest BCUT2D eigenvalue weighted by Gasteiger charge is 2.17. The molecule has 0 spiro atoms. The number of anilines is 1. The van der Waals surface area contributed by atoms with Crippen LogP contribution in [0.15, 0.2) is 18.3 Å². The van der Waals surface area contributed by atoms with E-state index in [1.54, 1.807) is 6.20 Å². The molecule has 2 N–H and O–H groups in total. The van der Waals surface area contributed by atoms with Crippen LogP contribution >= 0.6 is 24.8 Å². The van der Waals surface area contributed by atoms with E-state index in [0.717, 1.165) is 26.1 Å². The first-order valence-electron chi connectivity index (χ1n) is 9.89. The highest BCUT2D eigenvalue weighted by molar-refractivity contribution is 5.91. The number of hydrogen-bond donors (Lipinski definition) is 2. The molecule has 2 heterocycles. The van der Waals surface area contributed by atoms with E-state index in [1.807, 2.05) is 12.1 Å². The second-order valence-electron chi connectivity index (χ2n) is 7.45. The number of pyridine rings is 1. The first-order valence-corrected chi connectivity index (χ1v) is 9.89. The van der Waals surface area contributed by atoms with Crippen molar-refractivity contribution >= 4 is 36.5 Å². The molecule has 1 saturated carbocycles. The van der Waals surface area contributed by atoms with Gasteiger partial charge in [0.25, 0.3) is 0 Å². The summed E-state index contributed by atoms with van der Waals surface area (Å²) in [6.45, 7) is 2.88. The van der Waals surface area contributed by atoms with Gasteiger partial charge in [0.2, 0.25) is 5.91 Å². The van der Waals surface area contributed by atoms with Crippen molar-refractivity contribution in [3.8, 4) is 5.75 Å². The summed E-state index contributed by atoms with van der Waals surface area (Å²) in [4.78, 5) is 16.6. The summed E-state index contributed by atoms with van der Waals surface area (Å²) in [6.07, 6.45) is 12.0. The Morgan fingerprint density at radius 1 is 1.11 bits per heavy atom. The van der Waals surface area contributed by atoms with Gasteiger partial charge >= 0.3 is 0 Å². The molecule has 1 aromatic heterocycles. The molecule has 0 bridgehead atoms. The minimum absolute atomic E-state index is 0. The molecule has 1 aliphatic heterocycles. The van der Waals surface area contributed by atoms with Gasteiger partial charge in [0, 0.05) is 12.6 Å².